The predicted octanol–water partition coefficient (Wildman–Crippen LogP) is 0.0678. The fraction of sp³-hybridized carbons (Fsp3) is 0.607. The lowest BCUT2D eigenvalue weighted by Gasteiger charge is -2.56. The number of fused-ring (bicyclic) bond motifs is 4. The lowest BCUT2D eigenvalue weighted by molar-refractivity contribution is -0.243. The molecule has 0 spiro atoms. The smallest absolute Gasteiger partial charge is 0.264 e. The van der Waals surface area contributed by atoms with Crippen molar-refractivity contribution in [3.05, 3.63) is 28.8 Å². The number of aliphatic hydroxyl groups is 5. The molecule has 2 aromatic carbocycles. The molecule has 8 atom stereocenters. The number of phenols is 1. The number of rotatable bonds is 5. The van der Waals surface area contributed by atoms with E-state index in [0.717, 1.165) is 6.26 Å². The molecule has 3 aliphatic rings. The van der Waals surface area contributed by atoms with Gasteiger partial charge < -0.3 is 44.8 Å². The first kappa shape index (κ1) is 30.9. The van der Waals surface area contributed by atoms with Crippen LogP contribution < -0.4 is 9.47 Å². The molecular formula is C28H36O13S. The number of phenolic OH excluding ortho intramolecular Hbond substituents is 1. The molecule has 42 heavy (non-hydrogen) atoms. The third kappa shape index (κ3) is 4.47. The maximum Gasteiger partial charge on any atom is 0.264 e. The summed E-state index contributed by atoms with van der Waals surface area (Å²) in [6.45, 7) is 2.87. The van der Waals surface area contributed by atoms with Crippen molar-refractivity contribution in [1.29, 1.82) is 0 Å². The zero-order chi connectivity index (χ0) is 31.2. The van der Waals surface area contributed by atoms with Crippen molar-refractivity contribution in [2.24, 2.45) is 0 Å². The van der Waals surface area contributed by atoms with Crippen LogP contribution in [0.4, 0.5) is 0 Å². The summed E-state index contributed by atoms with van der Waals surface area (Å²) in [6, 6.07) is 3.04. The summed E-state index contributed by atoms with van der Waals surface area (Å²) in [7, 11) is -1.72. The van der Waals surface area contributed by atoms with Gasteiger partial charge >= 0.3 is 0 Å². The number of hydrogen-bond donors (Lipinski definition) is 6. The molecule has 232 valence electrons. The molecule has 14 heteroatoms. The average molecular weight is 613 g/mol. The van der Waals surface area contributed by atoms with Crippen molar-refractivity contribution in [2.45, 2.75) is 86.9 Å². The highest BCUT2D eigenvalue weighted by Crippen LogP contribution is 2.60. The van der Waals surface area contributed by atoms with Crippen LogP contribution in [0.1, 0.15) is 55.9 Å². The van der Waals surface area contributed by atoms with Crippen LogP contribution in [0.25, 0.3) is 10.8 Å². The Balaban J connectivity index is 1.83. The topological polar surface area (TPSA) is 210 Å². The lowest BCUT2D eigenvalue weighted by atomic mass is 9.56. The van der Waals surface area contributed by atoms with Crippen LogP contribution in [0.15, 0.2) is 12.1 Å². The van der Waals surface area contributed by atoms with Gasteiger partial charge in [0, 0.05) is 47.8 Å². The highest BCUT2D eigenvalue weighted by Gasteiger charge is 2.70. The van der Waals surface area contributed by atoms with Crippen LogP contribution in [-0.4, -0.2) is 101 Å². The standard InChI is InChI=1S/C28H36O13S/c1-12-22(31)16(29)9-17(40-12)13-6-7-14-20(23(13)32)24(38-3)15-8-19(41-42(5,36)37)27(34)11-26(2,33)10-18(30)28(27,35)21(15)25(14)39-4/h6-7,12,16-17,19,22,29,31-35H,8-11H2,1-5H3/t12?,16-,17-,19-,22-,26+,27-,28+/m1/s1. The van der Waals surface area contributed by atoms with Gasteiger partial charge in [0.05, 0.1) is 49.8 Å². The van der Waals surface area contributed by atoms with Crippen molar-refractivity contribution in [3.8, 4) is 17.2 Å². The number of methoxy groups -OCH3 is 2. The summed E-state index contributed by atoms with van der Waals surface area (Å²) >= 11 is 0. The van der Waals surface area contributed by atoms with Gasteiger partial charge in [0.1, 0.15) is 35.1 Å². The van der Waals surface area contributed by atoms with E-state index in [4.69, 9.17) is 18.4 Å². The quantitative estimate of drug-likeness (QED) is 0.247. The molecule has 0 aromatic heterocycles. The maximum absolute atomic E-state index is 13.7. The van der Waals surface area contributed by atoms with Crippen molar-refractivity contribution in [2.75, 3.05) is 20.5 Å². The van der Waals surface area contributed by atoms with Crippen LogP contribution >= 0.6 is 0 Å². The van der Waals surface area contributed by atoms with E-state index < -0.39 is 82.5 Å². The summed E-state index contributed by atoms with van der Waals surface area (Å²) in [6.07, 6.45) is -6.45. The largest absolute Gasteiger partial charge is 0.507 e. The molecule has 1 saturated carbocycles. The van der Waals surface area contributed by atoms with Crippen LogP contribution in [0.3, 0.4) is 0 Å². The summed E-state index contributed by atoms with van der Waals surface area (Å²) in [4.78, 5) is 13.7. The summed E-state index contributed by atoms with van der Waals surface area (Å²) in [5.74, 6) is -1.48. The van der Waals surface area contributed by atoms with E-state index in [9.17, 15) is 43.9 Å². The van der Waals surface area contributed by atoms with E-state index in [1.54, 1.807) is 6.92 Å². The van der Waals surface area contributed by atoms with Crippen LogP contribution in [0.2, 0.25) is 0 Å². The third-order valence-electron chi connectivity index (χ3n) is 8.75. The van der Waals surface area contributed by atoms with Crippen molar-refractivity contribution >= 4 is 26.7 Å². The van der Waals surface area contributed by atoms with E-state index >= 15 is 0 Å². The number of ether oxygens (including phenoxy) is 3. The number of carbonyl (C=O) groups excluding carboxylic acids is 1. The van der Waals surface area contributed by atoms with Gasteiger partial charge in [0.25, 0.3) is 10.1 Å². The second-order valence-corrected chi connectivity index (χ2v) is 13.5. The SMILES string of the molecule is COc1c2c(c(OC)c3c(O)c([C@H]4C[C@@H](O)[C@H](O)C(C)O4)ccc13)C[C@@H](OS(C)(=O)=O)[C@]1(O)C[C@@](C)(O)CC(=O)[C@]21O. The molecule has 1 saturated heterocycles. The fourth-order valence-corrected chi connectivity index (χ4v) is 7.62. The average Bonchev–Trinajstić information content (AvgIpc) is 2.87. The Morgan fingerprint density at radius 1 is 1.07 bits per heavy atom. The monoisotopic (exact) mass is 612 g/mol. The number of aromatic hydroxyl groups is 1. The summed E-state index contributed by atoms with van der Waals surface area (Å²) < 4.78 is 47.1. The first-order valence-corrected chi connectivity index (χ1v) is 15.2. The minimum atomic E-state index is -4.26. The Hall–Kier alpha value is -2.56. The molecule has 1 heterocycles. The molecule has 1 unspecified atom stereocenters. The number of carbonyl (C=O) groups is 1. The zero-order valence-electron chi connectivity index (χ0n) is 23.8. The lowest BCUT2D eigenvalue weighted by Crippen LogP contribution is -2.72. The number of ketones is 1. The van der Waals surface area contributed by atoms with E-state index in [1.807, 2.05) is 0 Å². The molecule has 0 radical (unpaired) electrons. The third-order valence-corrected chi connectivity index (χ3v) is 9.33. The molecule has 0 bridgehead atoms. The second-order valence-electron chi connectivity index (χ2n) is 11.9. The van der Waals surface area contributed by atoms with Gasteiger partial charge in [-0.05, 0) is 19.9 Å². The molecule has 1 aliphatic heterocycles. The first-order valence-electron chi connectivity index (χ1n) is 13.4. The van der Waals surface area contributed by atoms with Gasteiger partial charge in [-0.15, -0.1) is 0 Å². The van der Waals surface area contributed by atoms with Crippen molar-refractivity contribution in [3.63, 3.8) is 0 Å². The molecule has 6 N–H and O–H groups in total. The molecule has 0 amide bonds. The maximum atomic E-state index is 13.7. The Labute approximate surface area is 242 Å². The van der Waals surface area contributed by atoms with E-state index in [2.05, 4.69) is 0 Å². The number of hydrogen-bond acceptors (Lipinski definition) is 13. The molecule has 5 rings (SSSR count). The molecule has 2 aromatic rings. The van der Waals surface area contributed by atoms with Crippen LogP contribution in [0, 0.1) is 0 Å². The van der Waals surface area contributed by atoms with Crippen molar-refractivity contribution < 1.29 is 62.2 Å². The Morgan fingerprint density at radius 2 is 1.71 bits per heavy atom. The van der Waals surface area contributed by atoms with Crippen LogP contribution in [0.5, 0.6) is 17.2 Å². The van der Waals surface area contributed by atoms with Gasteiger partial charge in [0.15, 0.2) is 11.4 Å². The second kappa shape index (κ2) is 9.99. The van der Waals surface area contributed by atoms with E-state index in [-0.39, 0.29) is 51.1 Å². The van der Waals surface area contributed by atoms with E-state index in [1.165, 1.54) is 33.3 Å². The summed E-state index contributed by atoms with van der Waals surface area (Å²) in [5, 5.41) is 67.4. The van der Waals surface area contributed by atoms with Gasteiger partial charge in [0.2, 0.25) is 0 Å². The number of Topliss-reactive ketones (excluding diaryl/α,β-unsaturated/α-hetero) is 1. The molecule has 2 aliphatic carbocycles. The Kier molecular flexibility index (Phi) is 7.35. The molecule has 13 nitrogen and oxygen atoms in total. The van der Waals surface area contributed by atoms with Gasteiger partial charge in [-0.2, -0.15) is 8.42 Å². The number of aliphatic hydroxyl groups excluding tert-OH is 2. The minimum Gasteiger partial charge on any atom is -0.507 e. The molecule has 2 fully saturated rings. The van der Waals surface area contributed by atoms with Gasteiger partial charge in [-0.25, -0.2) is 0 Å². The number of benzene rings is 2. The minimum absolute atomic E-state index is 0.0273. The normalized spacial score (nSPS) is 36.8. The highest BCUT2D eigenvalue weighted by atomic mass is 32.2. The van der Waals surface area contributed by atoms with Crippen molar-refractivity contribution in [1.82, 2.24) is 0 Å². The molecular weight excluding hydrogens is 576 g/mol. The Morgan fingerprint density at radius 3 is 2.29 bits per heavy atom. The zero-order valence-corrected chi connectivity index (χ0v) is 24.6. The van der Waals surface area contributed by atoms with E-state index in [0.29, 0.717) is 0 Å². The Bertz CT molecular complexity index is 1540. The fourth-order valence-electron chi connectivity index (χ4n) is 6.97. The highest BCUT2D eigenvalue weighted by molar-refractivity contribution is 7.86. The van der Waals surface area contributed by atoms with Crippen LogP contribution in [-0.2, 0) is 35.9 Å². The predicted molar refractivity (Wildman–Crippen MR) is 146 cm³/mol. The first-order chi connectivity index (χ1) is 19.4. The van der Waals surface area contributed by atoms with Gasteiger partial charge in [-0.3, -0.25) is 8.98 Å². The van der Waals surface area contributed by atoms with Gasteiger partial charge in [-0.1, -0.05) is 6.07 Å². The summed E-state index contributed by atoms with van der Waals surface area (Å²) in [5.41, 5.74) is -7.12.